The van der Waals surface area contributed by atoms with Crippen molar-refractivity contribution in [2.75, 3.05) is 0 Å². The van der Waals surface area contributed by atoms with Gasteiger partial charge in [-0.25, -0.2) is 0 Å². The van der Waals surface area contributed by atoms with Crippen molar-refractivity contribution in [1.29, 1.82) is 0 Å². The highest BCUT2D eigenvalue weighted by molar-refractivity contribution is 7.13. The summed E-state index contributed by atoms with van der Waals surface area (Å²) in [4.78, 5) is 1.19. The molecule has 2 aromatic heterocycles. The molecule has 106 valence electrons. The third-order valence-corrected chi connectivity index (χ3v) is 5.40. The van der Waals surface area contributed by atoms with E-state index in [1.807, 2.05) is 0 Å². The molecule has 0 bridgehead atoms. The molecule has 1 atom stereocenters. The number of hydrogen-bond acceptors (Lipinski definition) is 3. The van der Waals surface area contributed by atoms with Crippen molar-refractivity contribution in [3.63, 3.8) is 0 Å². The smallest absolute Gasteiger partial charge is 0.174 e. The van der Waals surface area contributed by atoms with Crippen LogP contribution in [0.2, 0.25) is 0 Å². The molecule has 0 saturated carbocycles. The molecule has 21 heavy (non-hydrogen) atoms. The third-order valence-electron chi connectivity index (χ3n) is 4.54. The quantitative estimate of drug-likeness (QED) is 0.703. The molecule has 4 heteroatoms. The van der Waals surface area contributed by atoms with Gasteiger partial charge in [-0.15, -0.1) is 21.5 Å². The predicted octanol–water partition coefficient (Wildman–Crippen LogP) is 4.35. The zero-order chi connectivity index (χ0) is 14.4. The first-order valence-electron chi connectivity index (χ1n) is 7.31. The summed E-state index contributed by atoms with van der Waals surface area (Å²) in [6, 6.07) is 12.8. The molecule has 0 radical (unpaired) electrons. The van der Waals surface area contributed by atoms with E-state index in [0.717, 1.165) is 24.5 Å². The Labute approximate surface area is 128 Å². The van der Waals surface area contributed by atoms with E-state index in [0.29, 0.717) is 0 Å². The van der Waals surface area contributed by atoms with Crippen molar-refractivity contribution in [3.8, 4) is 22.1 Å². The first-order chi connectivity index (χ1) is 10.2. The first kappa shape index (κ1) is 12.8. The molecule has 1 unspecified atom stereocenters. The summed E-state index contributed by atoms with van der Waals surface area (Å²) in [5, 5.41) is 11.1. The maximum absolute atomic E-state index is 4.52. The molecule has 4 rings (SSSR count). The van der Waals surface area contributed by atoms with Crippen LogP contribution in [0, 0.1) is 0 Å². The maximum atomic E-state index is 4.52. The summed E-state index contributed by atoms with van der Waals surface area (Å²) < 4.78 is 2.35. The van der Waals surface area contributed by atoms with Crippen molar-refractivity contribution in [2.45, 2.75) is 32.2 Å². The number of fused-ring (bicyclic) bond motifs is 3. The van der Waals surface area contributed by atoms with E-state index in [4.69, 9.17) is 0 Å². The molecule has 3 heterocycles. The summed E-state index contributed by atoms with van der Waals surface area (Å²) in [5.74, 6) is 2.00. The van der Waals surface area contributed by atoms with Gasteiger partial charge in [0.05, 0.1) is 4.88 Å². The number of hydrogen-bond donors (Lipinski definition) is 0. The molecule has 0 amide bonds. The van der Waals surface area contributed by atoms with Gasteiger partial charge in [0.1, 0.15) is 0 Å². The van der Waals surface area contributed by atoms with E-state index in [1.165, 1.54) is 16.0 Å². The van der Waals surface area contributed by atoms with Crippen LogP contribution in [-0.4, -0.2) is 14.8 Å². The number of nitrogens with zero attached hydrogens (tertiary/aromatic N) is 3. The molecule has 3 aromatic rings. The monoisotopic (exact) mass is 295 g/mol. The van der Waals surface area contributed by atoms with Gasteiger partial charge in [0.15, 0.2) is 11.6 Å². The van der Waals surface area contributed by atoms with Crippen molar-refractivity contribution >= 4 is 11.3 Å². The Bertz CT molecular complexity index is 788. The van der Waals surface area contributed by atoms with Gasteiger partial charge < -0.3 is 4.57 Å². The lowest BCUT2D eigenvalue weighted by Gasteiger charge is -2.37. The fraction of sp³-hybridized carbons (Fsp3) is 0.294. The molecule has 3 nitrogen and oxygen atoms in total. The lowest BCUT2D eigenvalue weighted by atomic mass is 9.84. The van der Waals surface area contributed by atoms with Crippen LogP contribution in [0.3, 0.4) is 0 Å². The van der Waals surface area contributed by atoms with Crippen LogP contribution >= 0.6 is 11.3 Å². The van der Waals surface area contributed by atoms with Gasteiger partial charge in [-0.05, 0) is 36.8 Å². The van der Waals surface area contributed by atoms with E-state index in [9.17, 15) is 0 Å². The van der Waals surface area contributed by atoms with Gasteiger partial charge in [-0.3, -0.25) is 0 Å². The van der Waals surface area contributed by atoms with Crippen molar-refractivity contribution in [2.24, 2.45) is 0 Å². The molecule has 1 aliphatic heterocycles. The molecule has 0 N–H and O–H groups in total. The van der Waals surface area contributed by atoms with E-state index < -0.39 is 0 Å². The maximum Gasteiger partial charge on any atom is 0.174 e. The number of thiophene rings is 1. The van der Waals surface area contributed by atoms with Gasteiger partial charge >= 0.3 is 0 Å². The molecule has 1 aliphatic rings. The zero-order valence-electron chi connectivity index (χ0n) is 12.2. The highest BCUT2D eigenvalue weighted by atomic mass is 32.1. The van der Waals surface area contributed by atoms with E-state index >= 15 is 0 Å². The van der Waals surface area contributed by atoms with Crippen LogP contribution in [0.25, 0.3) is 22.1 Å². The highest BCUT2D eigenvalue weighted by Crippen LogP contribution is 2.42. The fourth-order valence-electron chi connectivity index (χ4n) is 3.20. The second kappa shape index (κ2) is 4.53. The summed E-state index contributed by atoms with van der Waals surface area (Å²) >= 11 is 1.72. The number of benzene rings is 1. The zero-order valence-corrected chi connectivity index (χ0v) is 13.0. The van der Waals surface area contributed by atoms with Gasteiger partial charge in [0, 0.05) is 11.1 Å². The second-order valence-electron chi connectivity index (χ2n) is 5.84. The molecule has 1 aromatic carbocycles. The van der Waals surface area contributed by atoms with Crippen LogP contribution in [0.5, 0.6) is 0 Å². The Kier molecular flexibility index (Phi) is 2.76. The minimum atomic E-state index is 0.0342. The Hall–Kier alpha value is -1.94. The lowest BCUT2D eigenvalue weighted by molar-refractivity contribution is 0.302. The Balaban J connectivity index is 2.02. The second-order valence-corrected chi connectivity index (χ2v) is 6.79. The molecule has 0 saturated heterocycles. The molecule has 0 fully saturated rings. The van der Waals surface area contributed by atoms with Crippen molar-refractivity contribution in [3.05, 3.63) is 47.3 Å². The van der Waals surface area contributed by atoms with Crippen molar-refractivity contribution in [1.82, 2.24) is 14.8 Å². The fourth-order valence-corrected chi connectivity index (χ4v) is 3.90. The Morgan fingerprint density at radius 2 is 1.95 bits per heavy atom. The van der Waals surface area contributed by atoms with Gasteiger partial charge in [0.2, 0.25) is 0 Å². The SMILES string of the molecule is CCC1(C)Cc2ccccc2-c2nnc(-c3cccs3)n21. The summed E-state index contributed by atoms with van der Waals surface area (Å²) in [7, 11) is 0. The molecule has 0 aliphatic carbocycles. The minimum absolute atomic E-state index is 0.0342. The van der Waals surface area contributed by atoms with E-state index in [-0.39, 0.29) is 5.54 Å². The molecular weight excluding hydrogens is 278 g/mol. The minimum Gasteiger partial charge on any atom is -0.300 e. The van der Waals surface area contributed by atoms with Crippen LogP contribution in [0.4, 0.5) is 0 Å². The van der Waals surface area contributed by atoms with E-state index in [2.05, 4.69) is 70.4 Å². The first-order valence-corrected chi connectivity index (χ1v) is 8.19. The Morgan fingerprint density at radius 3 is 2.71 bits per heavy atom. The van der Waals surface area contributed by atoms with Crippen LogP contribution in [0.15, 0.2) is 41.8 Å². The van der Waals surface area contributed by atoms with Crippen LogP contribution in [0.1, 0.15) is 25.8 Å². The third kappa shape index (κ3) is 1.79. The van der Waals surface area contributed by atoms with E-state index in [1.54, 1.807) is 11.3 Å². The van der Waals surface area contributed by atoms with Gasteiger partial charge in [0.25, 0.3) is 0 Å². The number of aromatic nitrogens is 3. The largest absolute Gasteiger partial charge is 0.300 e. The molecular formula is C17H17N3S. The van der Waals surface area contributed by atoms with Crippen molar-refractivity contribution < 1.29 is 0 Å². The normalized spacial score (nSPS) is 20.1. The van der Waals surface area contributed by atoms with Gasteiger partial charge in [-0.1, -0.05) is 37.3 Å². The Morgan fingerprint density at radius 1 is 1.14 bits per heavy atom. The average Bonchev–Trinajstić information content (AvgIpc) is 3.16. The topological polar surface area (TPSA) is 30.7 Å². The summed E-state index contributed by atoms with van der Waals surface area (Å²) in [6.45, 7) is 4.56. The summed E-state index contributed by atoms with van der Waals surface area (Å²) in [6.07, 6.45) is 2.09. The average molecular weight is 295 g/mol. The lowest BCUT2D eigenvalue weighted by Crippen LogP contribution is -2.36. The number of rotatable bonds is 2. The standard InChI is InChI=1S/C17H17N3S/c1-3-17(2)11-12-7-4-5-8-13(12)15-18-19-16(20(15)17)14-9-6-10-21-14/h4-10H,3,11H2,1-2H3. The highest BCUT2D eigenvalue weighted by Gasteiger charge is 2.36. The van der Waals surface area contributed by atoms with Crippen LogP contribution in [-0.2, 0) is 12.0 Å². The van der Waals surface area contributed by atoms with Gasteiger partial charge in [-0.2, -0.15) is 0 Å². The molecule has 0 spiro atoms. The predicted molar refractivity (Wildman–Crippen MR) is 86.4 cm³/mol. The van der Waals surface area contributed by atoms with Crippen LogP contribution < -0.4 is 0 Å². The summed E-state index contributed by atoms with van der Waals surface area (Å²) in [5.41, 5.74) is 2.63.